The summed E-state index contributed by atoms with van der Waals surface area (Å²) in [7, 11) is 0. The molecule has 0 radical (unpaired) electrons. The van der Waals surface area contributed by atoms with Crippen LogP contribution in [-0.4, -0.2) is 35.5 Å². The molecule has 33 heavy (non-hydrogen) atoms. The van der Waals surface area contributed by atoms with Crippen molar-refractivity contribution in [3.63, 3.8) is 0 Å². The van der Waals surface area contributed by atoms with E-state index in [1.807, 2.05) is 32.0 Å². The van der Waals surface area contributed by atoms with Gasteiger partial charge in [0.15, 0.2) is 0 Å². The third-order valence-electron chi connectivity index (χ3n) is 5.72. The standard InChI is InChI=1S/C24H22FN7O/c1-14-18(15(2)32-24(28-14)26-13-27-32)8-10-23(33)29-17-7-9-20-21(12-17)31-22(30-20)11-16-5-3-4-6-19(16)25/h3-7,9,12-13H,8,10-11H2,1-2H3,(H,29,33)(H,30,31). The first-order valence-electron chi connectivity index (χ1n) is 10.7. The maximum Gasteiger partial charge on any atom is 0.252 e. The van der Waals surface area contributed by atoms with Crippen LogP contribution in [0.2, 0.25) is 0 Å². The second-order valence-corrected chi connectivity index (χ2v) is 7.96. The number of amides is 1. The van der Waals surface area contributed by atoms with Gasteiger partial charge in [0.1, 0.15) is 18.0 Å². The normalized spacial score (nSPS) is 11.4. The second-order valence-electron chi connectivity index (χ2n) is 7.96. The third kappa shape index (κ3) is 4.17. The topological polar surface area (TPSA) is 101 Å². The van der Waals surface area contributed by atoms with Crippen molar-refractivity contribution in [2.75, 3.05) is 5.32 Å². The van der Waals surface area contributed by atoms with E-state index in [-0.39, 0.29) is 11.7 Å². The highest BCUT2D eigenvalue weighted by atomic mass is 19.1. The number of aromatic nitrogens is 6. The number of hydrogen-bond acceptors (Lipinski definition) is 5. The molecule has 3 heterocycles. The van der Waals surface area contributed by atoms with E-state index in [2.05, 4.69) is 30.4 Å². The van der Waals surface area contributed by atoms with Gasteiger partial charge >= 0.3 is 0 Å². The number of halogens is 1. The van der Waals surface area contributed by atoms with Crippen molar-refractivity contribution >= 4 is 28.4 Å². The molecule has 0 unspecified atom stereocenters. The van der Waals surface area contributed by atoms with E-state index in [1.54, 1.807) is 22.7 Å². The molecule has 5 aromatic rings. The van der Waals surface area contributed by atoms with Crippen LogP contribution in [0.25, 0.3) is 16.8 Å². The number of carbonyl (C=O) groups excluding carboxylic acids is 1. The third-order valence-corrected chi connectivity index (χ3v) is 5.72. The first-order chi connectivity index (χ1) is 16.0. The lowest BCUT2D eigenvalue weighted by Gasteiger charge is -2.10. The van der Waals surface area contributed by atoms with Crippen molar-refractivity contribution in [3.8, 4) is 0 Å². The van der Waals surface area contributed by atoms with Gasteiger partial charge in [-0.15, -0.1) is 0 Å². The summed E-state index contributed by atoms with van der Waals surface area (Å²) in [6.07, 6.45) is 2.69. The molecule has 0 saturated heterocycles. The van der Waals surface area contributed by atoms with Crippen molar-refractivity contribution in [1.82, 2.24) is 29.5 Å². The van der Waals surface area contributed by atoms with Crippen molar-refractivity contribution in [1.29, 1.82) is 0 Å². The summed E-state index contributed by atoms with van der Waals surface area (Å²) < 4.78 is 15.6. The Balaban J connectivity index is 1.27. The van der Waals surface area contributed by atoms with Gasteiger partial charge in [0.05, 0.1) is 11.0 Å². The van der Waals surface area contributed by atoms with Gasteiger partial charge < -0.3 is 10.3 Å². The summed E-state index contributed by atoms with van der Waals surface area (Å²) in [5, 5.41) is 7.13. The number of imidazole rings is 1. The number of hydrogen-bond donors (Lipinski definition) is 2. The number of fused-ring (bicyclic) bond motifs is 2. The molecule has 2 aromatic carbocycles. The maximum atomic E-state index is 13.9. The Hall–Kier alpha value is -4.14. The van der Waals surface area contributed by atoms with Gasteiger partial charge in [-0.3, -0.25) is 4.79 Å². The smallest absolute Gasteiger partial charge is 0.252 e. The molecule has 1 amide bonds. The number of aryl methyl sites for hydroxylation is 2. The molecule has 0 aliphatic rings. The summed E-state index contributed by atoms with van der Waals surface area (Å²) in [5.74, 6) is 0.869. The predicted molar refractivity (Wildman–Crippen MR) is 123 cm³/mol. The van der Waals surface area contributed by atoms with E-state index in [0.29, 0.717) is 42.1 Å². The Bertz CT molecular complexity index is 1490. The van der Waals surface area contributed by atoms with Gasteiger partial charge in [-0.2, -0.15) is 10.1 Å². The van der Waals surface area contributed by atoms with Crippen LogP contribution in [0.3, 0.4) is 0 Å². The first-order valence-corrected chi connectivity index (χ1v) is 10.7. The monoisotopic (exact) mass is 443 g/mol. The van der Waals surface area contributed by atoms with E-state index in [9.17, 15) is 9.18 Å². The number of aromatic amines is 1. The highest BCUT2D eigenvalue weighted by Gasteiger charge is 2.13. The summed E-state index contributed by atoms with van der Waals surface area (Å²) in [6.45, 7) is 3.87. The van der Waals surface area contributed by atoms with E-state index in [4.69, 9.17) is 0 Å². The van der Waals surface area contributed by atoms with Crippen LogP contribution >= 0.6 is 0 Å². The minimum Gasteiger partial charge on any atom is -0.342 e. The lowest BCUT2D eigenvalue weighted by atomic mass is 10.1. The van der Waals surface area contributed by atoms with Crippen molar-refractivity contribution < 1.29 is 9.18 Å². The Kier molecular flexibility index (Phi) is 5.29. The van der Waals surface area contributed by atoms with Gasteiger partial charge in [-0.1, -0.05) is 18.2 Å². The Morgan fingerprint density at radius 1 is 1.15 bits per heavy atom. The molecule has 0 atom stereocenters. The SMILES string of the molecule is Cc1nc2ncnn2c(C)c1CCC(=O)Nc1ccc2nc(Cc3ccccc3F)[nH]c2c1. The molecule has 9 heteroatoms. The molecule has 2 N–H and O–H groups in total. The zero-order chi connectivity index (χ0) is 22.9. The number of nitrogens with zero attached hydrogens (tertiary/aromatic N) is 5. The fraction of sp³-hybridized carbons (Fsp3) is 0.208. The van der Waals surface area contributed by atoms with E-state index < -0.39 is 0 Å². The van der Waals surface area contributed by atoms with Crippen LogP contribution in [-0.2, 0) is 17.6 Å². The first kappa shape index (κ1) is 20.7. The summed E-state index contributed by atoms with van der Waals surface area (Å²) in [5.41, 5.74) is 5.57. The zero-order valence-corrected chi connectivity index (χ0v) is 18.3. The van der Waals surface area contributed by atoms with Crippen molar-refractivity contribution in [2.24, 2.45) is 0 Å². The Labute approximate surface area is 188 Å². The summed E-state index contributed by atoms with van der Waals surface area (Å²) >= 11 is 0. The number of anilines is 1. The Morgan fingerprint density at radius 2 is 2.00 bits per heavy atom. The van der Waals surface area contributed by atoms with Crippen molar-refractivity contribution in [3.05, 3.63) is 82.9 Å². The molecule has 0 spiro atoms. The number of nitrogens with one attached hydrogen (secondary N) is 2. The molecule has 0 aliphatic carbocycles. The van der Waals surface area contributed by atoms with Crippen LogP contribution in [0.4, 0.5) is 10.1 Å². The van der Waals surface area contributed by atoms with E-state index in [0.717, 1.165) is 28.0 Å². The van der Waals surface area contributed by atoms with Crippen LogP contribution in [0.5, 0.6) is 0 Å². The molecular weight excluding hydrogens is 421 g/mol. The average molecular weight is 443 g/mol. The molecule has 0 saturated carbocycles. The average Bonchev–Trinajstić information content (AvgIpc) is 3.41. The van der Waals surface area contributed by atoms with Gasteiger partial charge in [-0.05, 0) is 55.7 Å². The highest BCUT2D eigenvalue weighted by molar-refractivity contribution is 5.93. The van der Waals surface area contributed by atoms with Gasteiger partial charge in [0.2, 0.25) is 5.91 Å². The van der Waals surface area contributed by atoms with E-state index >= 15 is 0 Å². The Morgan fingerprint density at radius 3 is 2.85 bits per heavy atom. The number of benzene rings is 2. The molecular formula is C24H22FN7O. The van der Waals surface area contributed by atoms with Gasteiger partial charge in [0.25, 0.3) is 5.78 Å². The number of H-pyrrole nitrogens is 1. The molecule has 0 fully saturated rings. The number of carbonyl (C=O) groups is 1. The predicted octanol–water partition coefficient (Wildman–Crippen LogP) is 3.92. The second kappa shape index (κ2) is 8.42. The fourth-order valence-corrected chi connectivity index (χ4v) is 4.03. The molecule has 3 aromatic heterocycles. The maximum absolute atomic E-state index is 13.9. The van der Waals surface area contributed by atoms with Crippen LogP contribution in [0.15, 0.2) is 48.8 Å². The molecule has 0 bridgehead atoms. The lowest BCUT2D eigenvalue weighted by molar-refractivity contribution is -0.116. The van der Waals surface area contributed by atoms with Crippen LogP contribution in [0.1, 0.15) is 34.8 Å². The molecule has 5 rings (SSSR count). The summed E-state index contributed by atoms with van der Waals surface area (Å²) in [4.78, 5) is 28.9. The van der Waals surface area contributed by atoms with Gasteiger partial charge in [0, 0.05) is 29.9 Å². The fourth-order valence-electron chi connectivity index (χ4n) is 4.03. The minimum atomic E-state index is -0.255. The zero-order valence-electron chi connectivity index (χ0n) is 18.3. The van der Waals surface area contributed by atoms with Crippen molar-refractivity contribution in [2.45, 2.75) is 33.1 Å². The largest absolute Gasteiger partial charge is 0.342 e. The minimum absolute atomic E-state index is 0.0991. The quantitative estimate of drug-likeness (QED) is 0.414. The van der Waals surface area contributed by atoms with E-state index in [1.165, 1.54) is 12.4 Å². The molecule has 166 valence electrons. The summed E-state index contributed by atoms with van der Waals surface area (Å²) in [6, 6.07) is 12.1. The molecule has 0 aliphatic heterocycles. The van der Waals surface area contributed by atoms with Crippen LogP contribution < -0.4 is 5.32 Å². The molecule has 8 nitrogen and oxygen atoms in total. The lowest BCUT2D eigenvalue weighted by Crippen LogP contribution is -2.14. The highest BCUT2D eigenvalue weighted by Crippen LogP contribution is 2.20. The number of rotatable bonds is 6. The van der Waals surface area contributed by atoms with Gasteiger partial charge in [-0.25, -0.2) is 18.9 Å². The van der Waals surface area contributed by atoms with Crippen LogP contribution in [0, 0.1) is 19.7 Å².